The standard InChI is InChI=1S/C12H28N4O/c1-6-14-12(2,11(13)17)7-8-16(5)10-9-15(3)4/h14H,6-10H2,1-5H3,(H2,13,17). The van der Waals surface area contributed by atoms with E-state index in [4.69, 9.17) is 5.73 Å². The largest absolute Gasteiger partial charge is 0.368 e. The molecule has 0 bridgehead atoms. The fraction of sp³-hybridized carbons (Fsp3) is 0.917. The number of rotatable bonds is 9. The van der Waals surface area contributed by atoms with Crippen molar-refractivity contribution in [1.82, 2.24) is 15.1 Å². The summed E-state index contributed by atoms with van der Waals surface area (Å²) in [5, 5.41) is 3.17. The maximum absolute atomic E-state index is 11.4. The molecule has 0 saturated carbocycles. The van der Waals surface area contributed by atoms with Crippen molar-refractivity contribution in [3.8, 4) is 0 Å². The average Bonchev–Trinajstić information content (AvgIpc) is 2.23. The van der Waals surface area contributed by atoms with Crippen LogP contribution in [0.15, 0.2) is 0 Å². The van der Waals surface area contributed by atoms with Crippen molar-refractivity contribution in [2.24, 2.45) is 5.73 Å². The summed E-state index contributed by atoms with van der Waals surface area (Å²) in [7, 11) is 6.18. The summed E-state index contributed by atoms with van der Waals surface area (Å²) in [5.41, 5.74) is 4.84. The van der Waals surface area contributed by atoms with Crippen LogP contribution >= 0.6 is 0 Å². The van der Waals surface area contributed by atoms with Crippen LogP contribution in [0.25, 0.3) is 0 Å². The van der Waals surface area contributed by atoms with E-state index in [0.29, 0.717) is 0 Å². The molecule has 5 nitrogen and oxygen atoms in total. The quantitative estimate of drug-likeness (QED) is 0.586. The summed E-state index contributed by atoms with van der Waals surface area (Å²) in [6, 6.07) is 0. The van der Waals surface area contributed by atoms with Crippen LogP contribution < -0.4 is 11.1 Å². The summed E-state index contributed by atoms with van der Waals surface area (Å²) in [4.78, 5) is 15.8. The molecule has 5 heteroatoms. The lowest BCUT2D eigenvalue weighted by Crippen LogP contribution is -2.54. The highest BCUT2D eigenvalue weighted by molar-refractivity contribution is 5.84. The molecule has 0 aromatic rings. The van der Waals surface area contributed by atoms with Gasteiger partial charge < -0.3 is 20.9 Å². The van der Waals surface area contributed by atoms with Gasteiger partial charge in [0.25, 0.3) is 0 Å². The molecule has 0 aliphatic rings. The van der Waals surface area contributed by atoms with E-state index in [1.54, 1.807) is 0 Å². The molecule has 0 radical (unpaired) electrons. The molecule has 0 aromatic heterocycles. The van der Waals surface area contributed by atoms with Crippen LogP contribution in [-0.4, -0.2) is 68.6 Å². The lowest BCUT2D eigenvalue weighted by atomic mass is 9.96. The van der Waals surface area contributed by atoms with Gasteiger partial charge in [0.1, 0.15) is 0 Å². The number of carbonyl (C=O) groups excluding carboxylic acids is 1. The van der Waals surface area contributed by atoms with Crippen molar-refractivity contribution >= 4 is 5.91 Å². The Hall–Kier alpha value is -0.650. The van der Waals surface area contributed by atoms with Crippen LogP contribution in [0.2, 0.25) is 0 Å². The highest BCUT2D eigenvalue weighted by atomic mass is 16.1. The number of hydrogen-bond acceptors (Lipinski definition) is 4. The Morgan fingerprint density at radius 1 is 1.24 bits per heavy atom. The van der Waals surface area contributed by atoms with Crippen LogP contribution in [0.5, 0.6) is 0 Å². The van der Waals surface area contributed by atoms with Crippen molar-refractivity contribution in [2.45, 2.75) is 25.8 Å². The van der Waals surface area contributed by atoms with E-state index < -0.39 is 5.54 Å². The fourth-order valence-electron chi connectivity index (χ4n) is 1.59. The monoisotopic (exact) mass is 244 g/mol. The number of nitrogens with one attached hydrogen (secondary N) is 1. The Bertz CT molecular complexity index is 233. The highest BCUT2D eigenvalue weighted by Gasteiger charge is 2.29. The summed E-state index contributed by atoms with van der Waals surface area (Å²) in [5.74, 6) is -0.277. The second kappa shape index (κ2) is 7.63. The molecule has 0 aromatic carbocycles. The van der Waals surface area contributed by atoms with Gasteiger partial charge >= 0.3 is 0 Å². The SMILES string of the molecule is CCNC(C)(CCN(C)CCN(C)C)C(N)=O. The van der Waals surface area contributed by atoms with E-state index in [1.165, 1.54) is 0 Å². The second-order valence-corrected chi connectivity index (χ2v) is 5.08. The Morgan fingerprint density at radius 2 is 1.82 bits per heavy atom. The number of nitrogens with zero attached hydrogens (tertiary/aromatic N) is 2. The van der Waals surface area contributed by atoms with Gasteiger partial charge in [-0.05, 0) is 41.0 Å². The number of primary amides is 1. The minimum atomic E-state index is -0.596. The molecule has 0 aliphatic carbocycles. The maximum Gasteiger partial charge on any atom is 0.237 e. The van der Waals surface area contributed by atoms with Gasteiger partial charge in [-0.3, -0.25) is 4.79 Å². The predicted octanol–water partition coefficient (Wildman–Crippen LogP) is -0.277. The van der Waals surface area contributed by atoms with Crippen molar-refractivity contribution in [2.75, 3.05) is 47.3 Å². The first-order valence-corrected chi connectivity index (χ1v) is 6.20. The molecule has 17 heavy (non-hydrogen) atoms. The van der Waals surface area contributed by atoms with Gasteiger partial charge in [0.15, 0.2) is 0 Å². The molecule has 1 amide bonds. The average molecular weight is 244 g/mol. The third kappa shape index (κ3) is 6.61. The third-order valence-electron chi connectivity index (χ3n) is 3.03. The van der Waals surface area contributed by atoms with Crippen molar-refractivity contribution < 1.29 is 4.79 Å². The minimum absolute atomic E-state index is 0.277. The van der Waals surface area contributed by atoms with Gasteiger partial charge in [-0.2, -0.15) is 0 Å². The Balaban J connectivity index is 4.08. The lowest BCUT2D eigenvalue weighted by Gasteiger charge is -2.29. The molecule has 0 saturated heterocycles. The highest BCUT2D eigenvalue weighted by Crippen LogP contribution is 2.09. The van der Waals surface area contributed by atoms with Gasteiger partial charge in [-0.15, -0.1) is 0 Å². The molecule has 0 rings (SSSR count). The molecule has 0 aliphatic heterocycles. The maximum atomic E-state index is 11.4. The zero-order valence-corrected chi connectivity index (χ0v) is 11.9. The molecule has 102 valence electrons. The zero-order chi connectivity index (χ0) is 13.5. The lowest BCUT2D eigenvalue weighted by molar-refractivity contribution is -0.124. The summed E-state index contributed by atoms with van der Waals surface area (Å²) >= 11 is 0. The van der Waals surface area contributed by atoms with Gasteiger partial charge in [-0.1, -0.05) is 6.92 Å². The fourth-order valence-corrected chi connectivity index (χ4v) is 1.59. The van der Waals surface area contributed by atoms with Crippen LogP contribution in [0.1, 0.15) is 20.3 Å². The molecule has 3 N–H and O–H groups in total. The number of likely N-dealkylation sites (N-methyl/N-ethyl adjacent to an activating group) is 3. The first kappa shape index (κ1) is 16.4. The van der Waals surface area contributed by atoms with E-state index in [-0.39, 0.29) is 5.91 Å². The molecule has 1 unspecified atom stereocenters. The van der Waals surface area contributed by atoms with Crippen LogP contribution in [0.4, 0.5) is 0 Å². The first-order chi connectivity index (χ1) is 7.81. The molecular formula is C12H28N4O. The Morgan fingerprint density at radius 3 is 2.24 bits per heavy atom. The van der Waals surface area contributed by atoms with E-state index >= 15 is 0 Å². The van der Waals surface area contributed by atoms with E-state index in [0.717, 1.165) is 32.6 Å². The molecular weight excluding hydrogens is 216 g/mol. The summed E-state index contributed by atoms with van der Waals surface area (Å²) in [6.07, 6.45) is 0.736. The first-order valence-electron chi connectivity index (χ1n) is 6.20. The van der Waals surface area contributed by atoms with E-state index in [9.17, 15) is 4.79 Å². The molecule has 0 fully saturated rings. The van der Waals surface area contributed by atoms with Crippen molar-refractivity contribution in [1.29, 1.82) is 0 Å². The third-order valence-corrected chi connectivity index (χ3v) is 3.03. The number of nitrogens with two attached hydrogens (primary N) is 1. The van der Waals surface area contributed by atoms with Gasteiger partial charge in [0, 0.05) is 19.6 Å². The normalized spacial score (nSPS) is 15.2. The number of amides is 1. The van der Waals surface area contributed by atoms with Gasteiger partial charge in [0.05, 0.1) is 5.54 Å². The smallest absolute Gasteiger partial charge is 0.237 e. The summed E-state index contributed by atoms with van der Waals surface area (Å²) < 4.78 is 0. The number of carbonyl (C=O) groups is 1. The van der Waals surface area contributed by atoms with Crippen LogP contribution in [0, 0.1) is 0 Å². The molecule has 0 heterocycles. The Kier molecular flexibility index (Phi) is 7.34. The second-order valence-electron chi connectivity index (χ2n) is 5.08. The van der Waals surface area contributed by atoms with Crippen LogP contribution in [0.3, 0.4) is 0 Å². The topological polar surface area (TPSA) is 61.6 Å². The predicted molar refractivity (Wildman–Crippen MR) is 71.9 cm³/mol. The van der Waals surface area contributed by atoms with Crippen molar-refractivity contribution in [3.63, 3.8) is 0 Å². The molecule has 1 atom stereocenters. The van der Waals surface area contributed by atoms with Crippen LogP contribution in [-0.2, 0) is 4.79 Å². The van der Waals surface area contributed by atoms with E-state index in [1.807, 2.05) is 13.8 Å². The van der Waals surface area contributed by atoms with Crippen molar-refractivity contribution in [3.05, 3.63) is 0 Å². The zero-order valence-electron chi connectivity index (χ0n) is 11.9. The van der Waals surface area contributed by atoms with Gasteiger partial charge in [-0.25, -0.2) is 0 Å². The summed E-state index contributed by atoms with van der Waals surface area (Å²) in [6.45, 7) is 7.48. The van der Waals surface area contributed by atoms with E-state index in [2.05, 4.69) is 36.3 Å². The Labute approximate surface area is 105 Å². The van der Waals surface area contributed by atoms with Gasteiger partial charge in [0.2, 0.25) is 5.91 Å². The number of hydrogen-bond donors (Lipinski definition) is 2. The minimum Gasteiger partial charge on any atom is -0.368 e. The molecule has 0 spiro atoms.